The number of nitrogens with one attached hydrogen (secondary N) is 1. The Labute approximate surface area is 121 Å². The van der Waals surface area contributed by atoms with Gasteiger partial charge in [0, 0.05) is 23.2 Å². The van der Waals surface area contributed by atoms with E-state index in [0.29, 0.717) is 19.6 Å². The molecule has 1 fully saturated rings. The molecule has 0 aliphatic carbocycles. The second kappa shape index (κ2) is 6.03. The zero-order valence-electron chi connectivity index (χ0n) is 11.0. The zero-order valence-corrected chi connectivity index (χ0v) is 12.6. The number of β-amino-alcohol motifs (C(OH)–C–C–N with tert-alkyl or cyclic N) is 1. The molecule has 1 aromatic rings. The minimum atomic E-state index is -0.579. The van der Waals surface area contributed by atoms with Crippen LogP contribution in [0.15, 0.2) is 28.7 Å². The number of benzene rings is 1. The first-order valence-electron chi connectivity index (χ1n) is 6.51. The summed E-state index contributed by atoms with van der Waals surface area (Å²) >= 11 is 3.37. The fourth-order valence-electron chi connectivity index (χ4n) is 2.49. The standard InChI is InChI=1S/C14H19BrN2O2/c1-2-6-14(19)9-17(10-14)8-13(18)16-12-5-3-4-11(15)7-12/h3-5,7,19H,2,6,8-10H2,1H3,(H,16,18). The Morgan fingerprint density at radius 3 is 2.89 bits per heavy atom. The van der Waals surface area contributed by atoms with E-state index in [4.69, 9.17) is 0 Å². The Kier molecular flexibility index (Phi) is 4.60. The Bertz CT molecular complexity index is 459. The fraction of sp³-hybridized carbons (Fsp3) is 0.500. The van der Waals surface area contributed by atoms with Crippen LogP contribution in [-0.2, 0) is 4.79 Å². The van der Waals surface area contributed by atoms with Crippen molar-refractivity contribution < 1.29 is 9.90 Å². The van der Waals surface area contributed by atoms with E-state index in [0.717, 1.165) is 23.0 Å². The van der Waals surface area contributed by atoms with Crippen molar-refractivity contribution in [3.8, 4) is 0 Å². The summed E-state index contributed by atoms with van der Waals surface area (Å²) < 4.78 is 0.937. The third kappa shape index (κ3) is 4.03. The molecule has 1 aliphatic rings. The number of amides is 1. The van der Waals surface area contributed by atoms with Crippen molar-refractivity contribution in [3.63, 3.8) is 0 Å². The molecule has 0 aromatic heterocycles. The molecule has 5 heteroatoms. The first-order valence-corrected chi connectivity index (χ1v) is 7.30. The number of halogens is 1. The summed E-state index contributed by atoms with van der Waals surface area (Å²) in [5.74, 6) is -0.0448. The topological polar surface area (TPSA) is 52.6 Å². The van der Waals surface area contributed by atoms with Gasteiger partial charge in [-0.2, -0.15) is 0 Å². The van der Waals surface area contributed by atoms with Crippen LogP contribution in [0.2, 0.25) is 0 Å². The van der Waals surface area contributed by atoms with E-state index in [9.17, 15) is 9.90 Å². The third-order valence-corrected chi connectivity index (χ3v) is 3.72. The minimum absolute atomic E-state index is 0.0448. The quantitative estimate of drug-likeness (QED) is 0.872. The number of rotatable bonds is 5. The number of carbonyl (C=O) groups excluding carboxylic acids is 1. The summed E-state index contributed by atoms with van der Waals surface area (Å²) in [7, 11) is 0. The van der Waals surface area contributed by atoms with Gasteiger partial charge in [-0.1, -0.05) is 35.3 Å². The maximum absolute atomic E-state index is 11.8. The van der Waals surface area contributed by atoms with Crippen LogP contribution in [0.5, 0.6) is 0 Å². The van der Waals surface area contributed by atoms with Crippen LogP contribution >= 0.6 is 15.9 Å². The number of likely N-dealkylation sites (tertiary alicyclic amines) is 1. The van der Waals surface area contributed by atoms with Gasteiger partial charge < -0.3 is 10.4 Å². The van der Waals surface area contributed by atoms with E-state index in [2.05, 4.69) is 28.2 Å². The first-order chi connectivity index (χ1) is 9.00. The van der Waals surface area contributed by atoms with E-state index < -0.39 is 5.60 Å². The van der Waals surface area contributed by atoms with Crippen LogP contribution in [-0.4, -0.2) is 41.1 Å². The molecule has 1 amide bonds. The van der Waals surface area contributed by atoms with Crippen molar-refractivity contribution >= 4 is 27.5 Å². The fourth-order valence-corrected chi connectivity index (χ4v) is 2.89. The summed E-state index contributed by atoms with van der Waals surface area (Å²) in [5.41, 5.74) is 0.203. The molecule has 19 heavy (non-hydrogen) atoms. The number of hydrogen-bond acceptors (Lipinski definition) is 3. The Morgan fingerprint density at radius 2 is 2.26 bits per heavy atom. The largest absolute Gasteiger partial charge is 0.387 e. The highest BCUT2D eigenvalue weighted by Gasteiger charge is 2.40. The molecule has 0 spiro atoms. The van der Waals surface area contributed by atoms with Gasteiger partial charge in [-0.3, -0.25) is 9.69 Å². The molecule has 0 atom stereocenters. The molecular formula is C14H19BrN2O2. The highest BCUT2D eigenvalue weighted by atomic mass is 79.9. The molecule has 0 bridgehead atoms. The van der Waals surface area contributed by atoms with Gasteiger partial charge in [0.15, 0.2) is 0 Å². The van der Waals surface area contributed by atoms with Crippen LogP contribution in [0.1, 0.15) is 19.8 Å². The van der Waals surface area contributed by atoms with Gasteiger partial charge in [0.05, 0.1) is 12.1 Å². The molecule has 1 heterocycles. The zero-order chi connectivity index (χ0) is 13.9. The highest BCUT2D eigenvalue weighted by Crippen LogP contribution is 2.25. The van der Waals surface area contributed by atoms with Crippen molar-refractivity contribution in [2.75, 3.05) is 25.0 Å². The van der Waals surface area contributed by atoms with Gasteiger partial charge in [0.2, 0.25) is 5.91 Å². The summed E-state index contributed by atoms with van der Waals surface area (Å²) in [6, 6.07) is 7.51. The van der Waals surface area contributed by atoms with Gasteiger partial charge in [0.1, 0.15) is 0 Å². The molecule has 1 saturated heterocycles. The van der Waals surface area contributed by atoms with E-state index >= 15 is 0 Å². The number of aliphatic hydroxyl groups is 1. The minimum Gasteiger partial charge on any atom is -0.387 e. The highest BCUT2D eigenvalue weighted by molar-refractivity contribution is 9.10. The third-order valence-electron chi connectivity index (χ3n) is 3.23. The average molecular weight is 327 g/mol. The lowest BCUT2D eigenvalue weighted by Crippen LogP contribution is -2.62. The van der Waals surface area contributed by atoms with Gasteiger partial charge >= 0.3 is 0 Å². The van der Waals surface area contributed by atoms with Crippen LogP contribution in [0.25, 0.3) is 0 Å². The van der Waals surface area contributed by atoms with E-state index in [1.165, 1.54) is 0 Å². The maximum atomic E-state index is 11.8. The Balaban J connectivity index is 1.77. The second-order valence-electron chi connectivity index (χ2n) is 5.18. The van der Waals surface area contributed by atoms with Crippen molar-refractivity contribution in [1.82, 2.24) is 4.90 Å². The van der Waals surface area contributed by atoms with Gasteiger partial charge in [-0.15, -0.1) is 0 Å². The molecule has 1 aromatic carbocycles. The maximum Gasteiger partial charge on any atom is 0.238 e. The van der Waals surface area contributed by atoms with Crippen molar-refractivity contribution in [1.29, 1.82) is 0 Å². The lowest BCUT2D eigenvalue weighted by Gasteiger charge is -2.46. The lowest BCUT2D eigenvalue weighted by molar-refractivity contribution is -0.129. The van der Waals surface area contributed by atoms with Crippen LogP contribution in [0.4, 0.5) is 5.69 Å². The van der Waals surface area contributed by atoms with Crippen molar-refractivity contribution in [2.45, 2.75) is 25.4 Å². The molecule has 2 N–H and O–H groups in total. The SMILES string of the molecule is CCCC1(O)CN(CC(=O)Nc2cccc(Br)c2)C1. The molecule has 4 nitrogen and oxygen atoms in total. The predicted molar refractivity (Wildman–Crippen MR) is 79.1 cm³/mol. The number of hydrogen-bond donors (Lipinski definition) is 2. The van der Waals surface area contributed by atoms with E-state index in [-0.39, 0.29) is 5.91 Å². The smallest absolute Gasteiger partial charge is 0.238 e. The van der Waals surface area contributed by atoms with Crippen LogP contribution in [0, 0.1) is 0 Å². The molecule has 0 unspecified atom stereocenters. The summed E-state index contributed by atoms with van der Waals surface area (Å²) in [5, 5.41) is 12.9. The predicted octanol–water partition coefficient (Wildman–Crippen LogP) is 2.23. The van der Waals surface area contributed by atoms with E-state index in [1.54, 1.807) is 0 Å². The molecule has 1 aliphatic heterocycles. The summed E-state index contributed by atoms with van der Waals surface area (Å²) in [6.45, 7) is 3.57. The Morgan fingerprint density at radius 1 is 1.53 bits per heavy atom. The van der Waals surface area contributed by atoms with E-state index in [1.807, 2.05) is 29.2 Å². The first kappa shape index (κ1) is 14.5. The van der Waals surface area contributed by atoms with Gasteiger partial charge in [0.25, 0.3) is 0 Å². The second-order valence-corrected chi connectivity index (χ2v) is 6.09. The monoisotopic (exact) mass is 326 g/mol. The molecule has 104 valence electrons. The van der Waals surface area contributed by atoms with Crippen LogP contribution in [0.3, 0.4) is 0 Å². The number of anilines is 1. The number of nitrogens with zero attached hydrogens (tertiary/aromatic N) is 1. The normalized spacial score (nSPS) is 17.8. The molecular weight excluding hydrogens is 308 g/mol. The molecule has 0 radical (unpaired) electrons. The molecule has 2 rings (SSSR count). The number of carbonyl (C=O) groups is 1. The summed E-state index contributed by atoms with van der Waals surface area (Å²) in [6.07, 6.45) is 1.77. The average Bonchev–Trinajstić information content (AvgIpc) is 2.27. The van der Waals surface area contributed by atoms with Crippen LogP contribution < -0.4 is 5.32 Å². The molecule has 0 saturated carbocycles. The van der Waals surface area contributed by atoms with Gasteiger partial charge in [-0.25, -0.2) is 0 Å². The van der Waals surface area contributed by atoms with Crippen molar-refractivity contribution in [3.05, 3.63) is 28.7 Å². The Hall–Kier alpha value is -0.910. The van der Waals surface area contributed by atoms with Crippen molar-refractivity contribution in [2.24, 2.45) is 0 Å². The lowest BCUT2D eigenvalue weighted by atomic mass is 9.89. The summed E-state index contributed by atoms with van der Waals surface area (Å²) in [4.78, 5) is 13.8. The van der Waals surface area contributed by atoms with Gasteiger partial charge in [-0.05, 0) is 24.6 Å².